The normalized spacial score (nSPS) is 33.2. The first-order chi connectivity index (χ1) is 13.3. The number of ether oxygens (including phenoxy) is 1. The van der Waals surface area contributed by atoms with Crippen LogP contribution in [0.4, 0.5) is 8.78 Å². The van der Waals surface area contributed by atoms with E-state index in [1.165, 1.54) is 12.1 Å². The molecule has 152 valence electrons. The van der Waals surface area contributed by atoms with E-state index in [4.69, 9.17) is 16.3 Å². The molecule has 1 aromatic rings. The summed E-state index contributed by atoms with van der Waals surface area (Å²) in [6, 6.07) is 3.99. The Bertz CT molecular complexity index is 787. The number of amides is 2. The molecule has 28 heavy (non-hydrogen) atoms. The van der Waals surface area contributed by atoms with Crippen LogP contribution in [0.15, 0.2) is 18.2 Å². The van der Waals surface area contributed by atoms with Crippen LogP contribution in [0.25, 0.3) is 0 Å². The van der Waals surface area contributed by atoms with E-state index in [0.29, 0.717) is 32.4 Å². The van der Waals surface area contributed by atoms with E-state index in [2.05, 4.69) is 16.0 Å². The molecular weight excluding hydrogens is 392 g/mol. The van der Waals surface area contributed by atoms with Crippen molar-refractivity contribution < 1.29 is 23.1 Å². The second-order valence-electron chi connectivity index (χ2n) is 8.18. The van der Waals surface area contributed by atoms with E-state index in [0.717, 1.165) is 6.07 Å². The van der Waals surface area contributed by atoms with Crippen molar-refractivity contribution in [1.29, 1.82) is 0 Å². The van der Waals surface area contributed by atoms with E-state index in [-0.39, 0.29) is 52.6 Å². The molecule has 9 heteroatoms. The summed E-state index contributed by atoms with van der Waals surface area (Å²) in [5, 5.41) is 8.89. The van der Waals surface area contributed by atoms with Gasteiger partial charge in [0.1, 0.15) is 17.7 Å². The Morgan fingerprint density at radius 3 is 2.61 bits per heavy atom. The molecular formula is C19H22ClF2N3O3. The molecule has 1 aliphatic heterocycles. The molecule has 5 rings (SSSR count). The van der Waals surface area contributed by atoms with Crippen LogP contribution in [0.5, 0.6) is 5.75 Å². The summed E-state index contributed by atoms with van der Waals surface area (Å²) in [7, 11) is 0. The number of carbonyl (C=O) groups excluding carboxylic acids is 2. The molecule has 0 aromatic heterocycles. The number of benzene rings is 1. The molecule has 3 N–H and O–H groups in total. The SMILES string of the molecule is O=C(COc1ccc(Cl)c(F)c1)NC12CC(NC(=O)C3CNCC(F)C3)(C1)C2. The summed E-state index contributed by atoms with van der Waals surface area (Å²) in [4.78, 5) is 24.5. The third kappa shape index (κ3) is 3.80. The Hall–Kier alpha value is -1.93. The minimum Gasteiger partial charge on any atom is -0.484 e. The molecule has 2 amide bonds. The Morgan fingerprint density at radius 1 is 1.21 bits per heavy atom. The highest BCUT2D eigenvalue weighted by atomic mass is 35.5. The Kier molecular flexibility index (Phi) is 4.95. The molecule has 3 aliphatic carbocycles. The minimum absolute atomic E-state index is 0.0101. The quantitative estimate of drug-likeness (QED) is 0.663. The highest BCUT2D eigenvalue weighted by Crippen LogP contribution is 2.60. The van der Waals surface area contributed by atoms with Crippen LogP contribution in [0.2, 0.25) is 5.02 Å². The van der Waals surface area contributed by atoms with E-state index in [1.54, 1.807) is 0 Å². The van der Waals surface area contributed by atoms with Gasteiger partial charge in [0, 0.05) is 30.2 Å². The molecule has 0 radical (unpaired) electrons. The minimum atomic E-state index is -0.989. The molecule has 1 aromatic carbocycles. The molecule has 4 fully saturated rings. The monoisotopic (exact) mass is 413 g/mol. The van der Waals surface area contributed by atoms with Crippen LogP contribution < -0.4 is 20.7 Å². The zero-order valence-electron chi connectivity index (χ0n) is 15.2. The van der Waals surface area contributed by atoms with Crippen molar-refractivity contribution in [3.8, 4) is 5.75 Å². The summed E-state index contributed by atoms with van der Waals surface area (Å²) in [6.07, 6.45) is 1.24. The van der Waals surface area contributed by atoms with Gasteiger partial charge in [-0.15, -0.1) is 0 Å². The van der Waals surface area contributed by atoms with Gasteiger partial charge in [-0.3, -0.25) is 9.59 Å². The average molecular weight is 414 g/mol. The van der Waals surface area contributed by atoms with Crippen LogP contribution in [0.3, 0.4) is 0 Å². The van der Waals surface area contributed by atoms with Crippen molar-refractivity contribution in [3.05, 3.63) is 29.0 Å². The van der Waals surface area contributed by atoms with E-state index in [1.807, 2.05) is 0 Å². The molecule has 2 atom stereocenters. The van der Waals surface area contributed by atoms with Gasteiger partial charge in [-0.25, -0.2) is 8.78 Å². The standard InChI is InChI=1S/C19H22ClF2N3O3/c20-14-2-1-13(4-15(14)22)28-7-16(26)24-18-8-19(9-18,10-18)25-17(27)11-3-12(21)6-23-5-11/h1-2,4,11-12,23H,3,5-10H2,(H,24,26)(H,25,27). The summed E-state index contributed by atoms with van der Waals surface area (Å²) >= 11 is 5.61. The van der Waals surface area contributed by atoms with Crippen molar-refractivity contribution in [2.45, 2.75) is 42.9 Å². The lowest BCUT2D eigenvalue weighted by Gasteiger charge is -2.70. The summed E-state index contributed by atoms with van der Waals surface area (Å²) in [5.41, 5.74) is -0.597. The number of carbonyl (C=O) groups is 2. The number of piperidine rings is 1. The van der Waals surface area contributed by atoms with E-state index < -0.39 is 12.0 Å². The van der Waals surface area contributed by atoms with Gasteiger partial charge in [0.25, 0.3) is 5.91 Å². The molecule has 4 aliphatic rings. The Labute approximate surface area is 166 Å². The lowest BCUT2D eigenvalue weighted by atomic mass is 9.44. The second-order valence-corrected chi connectivity index (χ2v) is 8.59. The molecule has 2 bridgehead atoms. The van der Waals surface area contributed by atoms with Gasteiger partial charge >= 0.3 is 0 Å². The van der Waals surface area contributed by atoms with Crippen LogP contribution in [-0.2, 0) is 9.59 Å². The van der Waals surface area contributed by atoms with Gasteiger partial charge in [0.05, 0.1) is 10.9 Å². The smallest absolute Gasteiger partial charge is 0.258 e. The van der Waals surface area contributed by atoms with Crippen LogP contribution in [0, 0.1) is 11.7 Å². The van der Waals surface area contributed by atoms with Gasteiger partial charge in [0.2, 0.25) is 5.91 Å². The summed E-state index contributed by atoms with van der Waals surface area (Å²) < 4.78 is 32.1. The van der Waals surface area contributed by atoms with Gasteiger partial charge in [-0.2, -0.15) is 0 Å². The topological polar surface area (TPSA) is 79.5 Å². The number of nitrogens with one attached hydrogen (secondary N) is 3. The van der Waals surface area contributed by atoms with Crippen LogP contribution in [-0.4, -0.2) is 48.8 Å². The van der Waals surface area contributed by atoms with Crippen molar-refractivity contribution in [2.75, 3.05) is 19.7 Å². The third-order valence-electron chi connectivity index (χ3n) is 5.75. The van der Waals surface area contributed by atoms with Crippen LogP contribution in [0.1, 0.15) is 25.7 Å². The zero-order valence-corrected chi connectivity index (χ0v) is 16.0. The predicted molar refractivity (Wildman–Crippen MR) is 98.4 cm³/mol. The zero-order chi connectivity index (χ0) is 19.9. The number of hydrogen-bond acceptors (Lipinski definition) is 4. The number of rotatable bonds is 6. The molecule has 0 spiro atoms. The Balaban J connectivity index is 1.20. The first kappa shape index (κ1) is 19.4. The predicted octanol–water partition coefficient (Wildman–Crippen LogP) is 1.71. The van der Waals surface area contributed by atoms with Crippen molar-refractivity contribution in [1.82, 2.24) is 16.0 Å². The molecule has 3 saturated carbocycles. The average Bonchev–Trinajstić information content (AvgIpc) is 2.59. The number of halogens is 3. The maximum atomic E-state index is 13.4. The highest BCUT2D eigenvalue weighted by Gasteiger charge is 2.69. The van der Waals surface area contributed by atoms with Gasteiger partial charge in [0.15, 0.2) is 6.61 Å². The lowest BCUT2D eigenvalue weighted by Crippen LogP contribution is -2.84. The van der Waals surface area contributed by atoms with E-state index >= 15 is 0 Å². The van der Waals surface area contributed by atoms with Gasteiger partial charge in [-0.05, 0) is 37.8 Å². The summed E-state index contributed by atoms with van der Waals surface area (Å²) in [5.74, 6) is -1.15. The van der Waals surface area contributed by atoms with Gasteiger partial charge < -0.3 is 20.7 Å². The van der Waals surface area contributed by atoms with Crippen molar-refractivity contribution in [2.24, 2.45) is 5.92 Å². The van der Waals surface area contributed by atoms with Crippen LogP contribution >= 0.6 is 11.6 Å². The first-order valence-corrected chi connectivity index (χ1v) is 9.72. The van der Waals surface area contributed by atoms with Crippen molar-refractivity contribution >= 4 is 23.4 Å². The molecule has 6 nitrogen and oxygen atoms in total. The third-order valence-corrected chi connectivity index (χ3v) is 6.06. The number of hydrogen-bond donors (Lipinski definition) is 3. The molecule has 1 saturated heterocycles. The fraction of sp³-hybridized carbons (Fsp3) is 0.579. The van der Waals surface area contributed by atoms with Gasteiger partial charge in [-0.1, -0.05) is 11.6 Å². The first-order valence-electron chi connectivity index (χ1n) is 9.34. The van der Waals surface area contributed by atoms with Crippen molar-refractivity contribution in [3.63, 3.8) is 0 Å². The summed E-state index contributed by atoms with van der Waals surface area (Å²) in [6.45, 7) is 0.565. The highest BCUT2D eigenvalue weighted by molar-refractivity contribution is 6.30. The fourth-order valence-electron chi connectivity index (χ4n) is 4.55. The maximum Gasteiger partial charge on any atom is 0.258 e. The lowest BCUT2D eigenvalue weighted by molar-refractivity contribution is -0.153. The molecule has 2 unspecified atom stereocenters. The largest absolute Gasteiger partial charge is 0.484 e. The molecule has 1 heterocycles. The number of alkyl halides is 1. The fourth-order valence-corrected chi connectivity index (χ4v) is 4.67. The second kappa shape index (κ2) is 7.15. The van der Waals surface area contributed by atoms with E-state index in [9.17, 15) is 18.4 Å². The maximum absolute atomic E-state index is 13.4. The Morgan fingerprint density at radius 2 is 1.93 bits per heavy atom.